The number of nitrogens with zero attached hydrogens (tertiary/aromatic N) is 3. The topological polar surface area (TPSA) is 29.0 Å². The second kappa shape index (κ2) is 8.64. The number of aromatic nitrogens is 2. The third kappa shape index (κ3) is 4.74. The largest absolute Gasteiger partial charge is 0.299 e. The first-order chi connectivity index (χ1) is 13.3. The van der Waals surface area contributed by atoms with Gasteiger partial charge in [-0.3, -0.25) is 14.9 Å². The number of hydrogen-bond acceptors (Lipinski definition) is 3. The van der Waals surface area contributed by atoms with E-state index in [9.17, 15) is 0 Å². The minimum absolute atomic E-state index is 0.543. The molecule has 0 unspecified atom stereocenters. The average molecular weight is 378 g/mol. The van der Waals surface area contributed by atoms with Crippen LogP contribution in [0.1, 0.15) is 41.3 Å². The first kappa shape index (κ1) is 18.1. The zero-order valence-electron chi connectivity index (χ0n) is 15.4. The van der Waals surface area contributed by atoms with Gasteiger partial charge in [-0.05, 0) is 61.3 Å². The Hall–Kier alpha value is -2.23. The van der Waals surface area contributed by atoms with E-state index in [4.69, 9.17) is 16.6 Å². The molecule has 4 heteroatoms. The van der Waals surface area contributed by atoms with E-state index in [0.29, 0.717) is 5.92 Å². The molecule has 0 atom stereocenters. The first-order valence-corrected chi connectivity index (χ1v) is 9.96. The molecule has 0 bridgehead atoms. The number of piperidine rings is 1. The summed E-state index contributed by atoms with van der Waals surface area (Å²) < 4.78 is 0. The van der Waals surface area contributed by atoms with E-state index in [1.807, 2.05) is 36.7 Å². The highest BCUT2D eigenvalue weighted by molar-refractivity contribution is 6.31. The molecule has 1 saturated heterocycles. The standard InChI is InChI=1S/C23H24ClN3/c24-22-8-2-1-6-20(22)15-21-7-3-9-23(26-21)19-10-13-27(14-11-19)17-18-5-4-12-25-16-18/h1-9,12,16,19H,10-11,13-15,17H2. The molecule has 2 aromatic heterocycles. The van der Waals surface area contributed by atoms with Crippen molar-refractivity contribution in [3.05, 3.63) is 94.5 Å². The van der Waals surface area contributed by atoms with Crippen LogP contribution in [0.2, 0.25) is 5.02 Å². The highest BCUT2D eigenvalue weighted by Crippen LogP contribution is 2.28. The van der Waals surface area contributed by atoms with Gasteiger partial charge in [0, 0.05) is 47.7 Å². The lowest BCUT2D eigenvalue weighted by molar-refractivity contribution is 0.203. The molecule has 1 fully saturated rings. The van der Waals surface area contributed by atoms with E-state index in [1.54, 1.807) is 0 Å². The zero-order chi connectivity index (χ0) is 18.5. The fourth-order valence-corrected chi connectivity index (χ4v) is 4.00. The van der Waals surface area contributed by atoms with Gasteiger partial charge in [-0.25, -0.2) is 0 Å². The van der Waals surface area contributed by atoms with Gasteiger partial charge in [0.1, 0.15) is 0 Å². The van der Waals surface area contributed by atoms with Gasteiger partial charge in [-0.15, -0.1) is 0 Å². The smallest absolute Gasteiger partial charge is 0.0451 e. The van der Waals surface area contributed by atoms with Crippen molar-refractivity contribution in [3.63, 3.8) is 0 Å². The summed E-state index contributed by atoms with van der Waals surface area (Å²) >= 11 is 6.31. The maximum atomic E-state index is 6.31. The Bertz CT molecular complexity index is 874. The Kier molecular flexibility index (Phi) is 5.81. The molecule has 0 N–H and O–H groups in total. The normalized spacial score (nSPS) is 15.7. The molecule has 4 rings (SSSR count). The van der Waals surface area contributed by atoms with Gasteiger partial charge in [0.05, 0.1) is 0 Å². The lowest BCUT2D eigenvalue weighted by Crippen LogP contribution is -2.32. The highest BCUT2D eigenvalue weighted by atomic mass is 35.5. The molecule has 0 saturated carbocycles. The maximum absolute atomic E-state index is 6.31. The van der Waals surface area contributed by atoms with Crippen LogP contribution >= 0.6 is 11.6 Å². The molecule has 3 nitrogen and oxygen atoms in total. The van der Waals surface area contributed by atoms with Crippen LogP contribution in [0, 0.1) is 0 Å². The Morgan fingerprint density at radius 1 is 0.963 bits per heavy atom. The minimum atomic E-state index is 0.543. The summed E-state index contributed by atoms with van der Waals surface area (Å²) in [6, 6.07) is 18.6. The third-order valence-corrected chi connectivity index (χ3v) is 5.66. The van der Waals surface area contributed by atoms with Gasteiger partial charge in [0.15, 0.2) is 0 Å². The van der Waals surface area contributed by atoms with Crippen LogP contribution in [0.4, 0.5) is 0 Å². The molecule has 0 radical (unpaired) electrons. The van der Waals surface area contributed by atoms with E-state index < -0.39 is 0 Å². The Balaban J connectivity index is 1.38. The predicted octanol–water partition coefficient (Wildman–Crippen LogP) is 5.10. The Morgan fingerprint density at radius 3 is 2.59 bits per heavy atom. The number of pyridine rings is 2. The quantitative estimate of drug-likeness (QED) is 0.619. The molecule has 1 aliphatic rings. The van der Waals surface area contributed by atoms with Crippen LogP contribution in [0.3, 0.4) is 0 Å². The van der Waals surface area contributed by atoms with Crippen molar-refractivity contribution in [1.82, 2.24) is 14.9 Å². The van der Waals surface area contributed by atoms with Gasteiger partial charge in [-0.2, -0.15) is 0 Å². The minimum Gasteiger partial charge on any atom is -0.299 e. The van der Waals surface area contributed by atoms with Crippen LogP contribution in [0.15, 0.2) is 67.0 Å². The SMILES string of the molecule is Clc1ccccc1Cc1cccc(C2CCN(Cc3cccnc3)CC2)n1. The van der Waals surface area contributed by atoms with Crippen molar-refractivity contribution in [1.29, 1.82) is 0 Å². The van der Waals surface area contributed by atoms with Crippen LogP contribution < -0.4 is 0 Å². The molecule has 0 aliphatic carbocycles. The molecule has 1 aliphatic heterocycles. The second-order valence-electron chi connectivity index (χ2n) is 7.23. The van der Waals surface area contributed by atoms with E-state index >= 15 is 0 Å². The highest BCUT2D eigenvalue weighted by Gasteiger charge is 2.22. The van der Waals surface area contributed by atoms with Crippen LogP contribution in [-0.4, -0.2) is 28.0 Å². The molecule has 1 aromatic carbocycles. The summed E-state index contributed by atoms with van der Waals surface area (Å²) in [6.07, 6.45) is 6.89. The molecule has 138 valence electrons. The van der Waals surface area contributed by atoms with Crippen LogP contribution in [0.5, 0.6) is 0 Å². The van der Waals surface area contributed by atoms with E-state index in [-0.39, 0.29) is 0 Å². The Morgan fingerprint density at radius 2 is 1.81 bits per heavy atom. The fourth-order valence-electron chi connectivity index (χ4n) is 3.80. The van der Waals surface area contributed by atoms with Crippen molar-refractivity contribution in [3.8, 4) is 0 Å². The molecule has 3 heterocycles. The van der Waals surface area contributed by atoms with E-state index in [2.05, 4.69) is 40.2 Å². The predicted molar refractivity (Wildman–Crippen MR) is 110 cm³/mol. The van der Waals surface area contributed by atoms with Gasteiger partial charge in [-0.1, -0.05) is 41.9 Å². The maximum Gasteiger partial charge on any atom is 0.0451 e. The Labute approximate surface area is 166 Å². The van der Waals surface area contributed by atoms with Crippen molar-refractivity contribution in [2.45, 2.75) is 31.7 Å². The lowest BCUT2D eigenvalue weighted by Gasteiger charge is -2.31. The first-order valence-electron chi connectivity index (χ1n) is 9.58. The van der Waals surface area contributed by atoms with Crippen molar-refractivity contribution < 1.29 is 0 Å². The molecule has 0 spiro atoms. The van der Waals surface area contributed by atoms with Gasteiger partial charge in [0.25, 0.3) is 0 Å². The van der Waals surface area contributed by atoms with Gasteiger partial charge >= 0.3 is 0 Å². The molecule has 0 amide bonds. The zero-order valence-corrected chi connectivity index (χ0v) is 16.1. The van der Waals surface area contributed by atoms with E-state index in [1.165, 1.54) is 11.3 Å². The number of rotatable bonds is 5. The molecular weight excluding hydrogens is 354 g/mol. The number of likely N-dealkylation sites (tertiary alicyclic amines) is 1. The fraction of sp³-hybridized carbons (Fsp3) is 0.304. The van der Waals surface area contributed by atoms with Crippen LogP contribution in [0.25, 0.3) is 0 Å². The van der Waals surface area contributed by atoms with Crippen molar-refractivity contribution in [2.24, 2.45) is 0 Å². The second-order valence-corrected chi connectivity index (χ2v) is 7.64. The van der Waals surface area contributed by atoms with Crippen LogP contribution in [-0.2, 0) is 13.0 Å². The molecule has 27 heavy (non-hydrogen) atoms. The molecular formula is C23H24ClN3. The van der Waals surface area contributed by atoms with Gasteiger partial charge < -0.3 is 0 Å². The van der Waals surface area contributed by atoms with Crippen molar-refractivity contribution in [2.75, 3.05) is 13.1 Å². The summed E-state index contributed by atoms with van der Waals surface area (Å²) in [5.74, 6) is 0.543. The average Bonchev–Trinajstić information content (AvgIpc) is 2.71. The van der Waals surface area contributed by atoms with Gasteiger partial charge in [0.2, 0.25) is 0 Å². The number of halogens is 1. The monoisotopic (exact) mass is 377 g/mol. The summed E-state index contributed by atoms with van der Waals surface area (Å²) in [5.41, 5.74) is 4.74. The number of hydrogen-bond donors (Lipinski definition) is 0. The summed E-state index contributed by atoms with van der Waals surface area (Å²) in [6.45, 7) is 3.20. The number of benzene rings is 1. The summed E-state index contributed by atoms with van der Waals surface area (Å²) in [5, 5.41) is 0.813. The van der Waals surface area contributed by atoms with Crippen molar-refractivity contribution >= 4 is 11.6 Å². The summed E-state index contributed by atoms with van der Waals surface area (Å²) in [7, 11) is 0. The van der Waals surface area contributed by atoms with E-state index in [0.717, 1.165) is 55.2 Å². The molecule has 3 aromatic rings. The third-order valence-electron chi connectivity index (χ3n) is 5.29. The summed E-state index contributed by atoms with van der Waals surface area (Å²) in [4.78, 5) is 11.7. The lowest BCUT2D eigenvalue weighted by atomic mass is 9.92.